The van der Waals surface area contributed by atoms with Crippen molar-refractivity contribution in [2.24, 2.45) is 0 Å². The van der Waals surface area contributed by atoms with Gasteiger partial charge >= 0.3 is 0 Å². The van der Waals surface area contributed by atoms with Gasteiger partial charge in [0, 0.05) is 17.6 Å². The Bertz CT molecular complexity index is 569. The fourth-order valence-electron chi connectivity index (χ4n) is 2.28. The first-order valence-electron chi connectivity index (χ1n) is 6.65. The molecule has 0 fully saturated rings. The first-order valence-corrected chi connectivity index (χ1v) is 7.45. The molecule has 106 valence electrons. The Balaban J connectivity index is 2.11. The lowest BCUT2D eigenvalue weighted by Gasteiger charge is -2.19. The van der Waals surface area contributed by atoms with Gasteiger partial charge in [-0.15, -0.1) is 0 Å². The quantitative estimate of drug-likeness (QED) is 0.804. The number of nitrogens with zero attached hydrogens (tertiary/aromatic N) is 1. The molecule has 0 N–H and O–H groups in total. The summed E-state index contributed by atoms with van der Waals surface area (Å²) in [6.07, 6.45) is 0. The van der Waals surface area contributed by atoms with E-state index < -0.39 is 0 Å². The molecule has 0 aromatic heterocycles. The van der Waals surface area contributed by atoms with Gasteiger partial charge in [-0.25, -0.2) is 0 Å². The third kappa shape index (κ3) is 3.84. The number of halogens is 1. The molecule has 0 aliphatic heterocycles. The molecule has 0 unspecified atom stereocenters. The largest absolute Gasteiger partial charge is 0.497 e. The first kappa shape index (κ1) is 15.1. The third-order valence-electron chi connectivity index (χ3n) is 3.27. The highest BCUT2D eigenvalue weighted by molar-refractivity contribution is 9.10. The highest BCUT2D eigenvalue weighted by Crippen LogP contribution is 2.28. The fraction of sp³-hybridized carbons (Fsp3) is 0.294. The molecule has 0 radical (unpaired) electrons. The summed E-state index contributed by atoms with van der Waals surface area (Å²) in [5.74, 6) is 0.911. The summed E-state index contributed by atoms with van der Waals surface area (Å²) < 4.78 is 6.52. The van der Waals surface area contributed by atoms with E-state index in [2.05, 4.69) is 65.1 Å². The molecule has 0 atom stereocenters. The predicted molar refractivity (Wildman–Crippen MR) is 87.0 cm³/mol. The van der Waals surface area contributed by atoms with Gasteiger partial charge in [0.15, 0.2) is 0 Å². The molecular formula is C17H20BrNO. The van der Waals surface area contributed by atoms with Crippen LogP contribution in [0.3, 0.4) is 0 Å². The number of hydrogen-bond acceptors (Lipinski definition) is 2. The van der Waals surface area contributed by atoms with Crippen LogP contribution in [0.5, 0.6) is 5.75 Å². The van der Waals surface area contributed by atoms with Gasteiger partial charge < -0.3 is 4.74 Å². The van der Waals surface area contributed by atoms with Crippen molar-refractivity contribution >= 4 is 15.9 Å². The minimum atomic E-state index is 0.882. The van der Waals surface area contributed by atoms with Gasteiger partial charge in [0.05, 0.1) is 7.11 Å². The average molecular weight is 334 g/mol. The minimum Gasteiger partial charge on any atom is -0.497 e. The summed E-state index contributed by atoms with van der Waals surface area (Å²) in [7, 11) is 3.84. The van der Waals surface area contributed by atoms with Crippen LogP contribution in [0.2, 0.25) is 0 Å². The zero-order chi connectivity index (χ0) is 14.5. The molecule has 2 aromatic carbocycles. The van der Waals surface area contributed by atoms with E-state index in [0.717, 1.165) is 18.8 Å². The summed E-state index contributed by atoms with van der Waals surface area (Å²) in [4.78, 5) is 2.30. The second-order valence-electron chi connectivity index (χ2n) is 5.08. The van der Waals surface area contributed by atoms with Crippen molar-refractivity contribution in [3.63, 3.8) is 0 Å². The van der Waals surface area contributed by atoms with Gasteiger partial charge in [-0.2, -0.15) is 0 Å². The van der Waals surface area contributed by atoms with E-state index in [4.69, 9.17) is 4.74 Å². The van der Waals surface area contributed by atoms with Crippen LogP contribution in [0, 0.1) is 6.92 Å². The summed E-state index contributed by atoms with van der Waals surface area (Å²) in [6, 6.07) is 14.7. The monoisotopic (exact) mass is 333 g/mol. The number of benzene rings is 2. The van der Waals surface area contributed by atoms with Crippen molar-refractivity contribution in [1.82, 2.24) is 4.90 Å². The Morgan fingerprint density at radius 1 is 1.10 bits per heavy atom. The summed E-state index contributed by atoms with van der Waals surface area (Å²) in [5, 5.41) is 0. The predicted octanol–water partition coefficient (Wildman–Crippen LogP) is 4.40. The van der Waals surface area contributed by atoms with E-state index in [0.29, 0.717) is 0 Å². The molecule has 0 heterocycles. The lowest BCUT2D eigenvalue weighted by atomic mass is 10.1. The Kier molecular flexibility index (Phi) is 5.21. The lowest BCUT2D eigenvalue weighted by molar-refractivity contribution is 0.317. The second kappa shape index (κ2) is 6.91. The number of hydrogen-bond donors (Lipinski definition) is 0. The molecular weight excluding hydrogens is 314 g/mol. The minimum absolute atomic E-state index is 0.882. The standard InChI is InChI=1S/C17H20BrNO/c1-13-9-16(20-3)10-15(17(13)18)12-19(2)11-14-7-5-4-6-8-14/h4-10H,11-12H2,1-3H3. The van der Waals surface area contributed by atoms with Gasteiger partial charge in [-0.3, -0.25) is 4.90 Å². The molecule has 0 spiro atoms. The SMILES string of the molecule is COc1cc(C)c(Br)c(CN(C)Cc2ccccc2)c1. The Labute approximate surface area is 129 Å². The molecule has 2 rings (SSSR count). The van der Waals surface area contributed by atoms with E-state index in [-0.39, 0.29) is 0 Å². The van der Waals surface area contributed by atoms with E-state index in [1.54, 1.807) is 7.11 Å². The molecule has 0 saturated heterocycles. The molecule has 2 aromatic rings. The fourth-order valence-corrected chi connectivity index (χ4v) is 2.64. The number of ether oxygens (including phenoxy) is 1. The summed E-state index contributed by atoms with van der Waals surface area (Å²) >= 11 is 3.68. The molecule has 20 heavy (non-hydrogen) atoms. The third-order valence-corrected chi connectivity index (χ3v) is 4.41. The van der Waals surface area contributed by atoms with Crippen LogP contribution in [-0.4, -0.2) is 19.1 Å². The Hall–Kier alpha value is -1.32. The molecule has 0 aliphatic rings. The van der Waals surface area contributed by atoms with E-state index >= 15 is 0 Å². The topological polar surface area (TPSA) is 12.5 Å². The Morgan fingerprint density at radius 2 is 1.80 bits per heavy atom. The summed E-state index contributed by atoms with van der Waals surface area (Å²) in [6.45, 7) is 3.91. The number of rotatable bonds is 5. The van der Waals surface area contributed by atoms with Crippen LogP contribution in [0.25, 0.3) is 0 Å². The highest BCUT2D eigenvalue weighted by Gasteiger charge is 2.09. The highest BCUT2D eigenvalue weighted by atomic mass is 79.9. The van der Waals surface area contributed by atoms with Gasteiger partial charge in [-0.05, 0) is 42.8 Å². The number of aryl methyl sites for hydroxylation is 1. The zero-order valence-electron chi connectivity index (χ0n) is 12.2. The molecule has 0 bridgehead atoms. The molecule has 0 aliphatic carbocycles. The van der Waals surface area contributed by atoms with E-state index in [1.807, 2.05) is 12.1 Å². The van der Waals surface area contributed by atoms with Crippen molar-refractivity contribution in [1.29, 1.82) is 0 Å². The van der Waals surface area contributed by atoms with Crippen LogP contribution in [-0.2, 0) is 13.1 Å². The lowest BCUT2D eigenvalue weighted by Crippen LogP contribution is -2.17. The van der Waals surface area contributed by atoms with Gasteiger partial charge in [-0.1, -0.05) is 46.3 Å². The maximum Gasteiger partial charge on any atom is 0.119 e. The molecule has 0 saturated carbocycles. The average Bonchev–Trinajstić information content (AvgIpc) is 2.44. The number of methoxy groups -OCH3 is 1. The van der Waals surface area contributed by atoms with Gasteiger partial charge in [0.25, 0.3) is 0 Å². The van der Waals surface area contributed by atoms with Gasteiger partial charge in [0.2, 0.25) is 0 Å². The van der Waals surface area contributed by atoms with Crippen LogP contribution < -0.4 is 4.74 Å². The van der Waals surface area contributed by atoms with Crippen LogP contribution in [0.1, 0.15) is 16.7 Å². The molecule has 2 nitrogen and oxygen atoms in total. The van der Waals surface area contributed by atoms with Crippen molar-refractivity contribution in [3.05, 3.63) is 63.6 Å². The van der Waals surface area contributed by atoms with Gasteiger partial charge in [0.1, 0.15) is 5.75 Å². The molecule has 3 heteroatoms. The van der Waals surface area contributed by atoms with Crippen LogP contribution in [0.15, 0.2) is 46.9 Å². The molecule has 0 amide bonds. The maximum atomic E-state index is 5.35. The first-order chi connectivity index (χ1) is 9.60. The maximum absolute atomic E-state index is 5.35. The smallest absolute Gasteiger partial charge is 0.119 e. The summed E-state index contributed by atoms with van der Waals surface area (Å²) in [5.41, 5.74) is 3.78. The van der Waals surface area contributed by atoms with Crippen molar-refractivity contribution in [2.45, 2.75) is 20.0 Å². The van der Waals surface area contributed by atoms with Crippen molar-refractivity contribution in [3.8, 4) is 5.75 Å². The van der Waals surface area contributed by atoms with E-state index in [9.17, 15) is 0 Å². The van der Waals surface area contributed by atoms with Crippen molar-refractivity contribution < 1.29 is 4.74 Å². The Morgan fingerprint density at radius 3 is 2.45 bits per heavy atom. The van der Waals surface area contributed by atoms with Crippen molar-refractivity contribution in [2.75, 3.05) is 14.2 Å². The van der Waals surface area contributed by atoms with Crippen LogP contribution in [0.4, 0.5) is 0 Å². The van der Waals surface area contributed by atoms with E-state index in [1.165, 1.54) is 21.2 Å². The second-order valence-corrected chi connectivity index (χ2v) is 5.87. The zero-order valence-corrected chi connectivity index (χ0v) is 13.8. The normalized spacial score (nSPS) is 10.8. The van der Waals surface area contributed by atoms with Crippen LogP contribution >= 0.6 is 15.9 Å².